The zero-order valence-corrected chi connectivity index (χ0v) is 13.4. The van der Waals surface area contributed by atoms with Crippen molar-refractivity contribution in [3.8, 4) is 5.75 Å². The molecule has 0 fully saturated rings. The Morgan fingerprint density at radius 2 is 2.16 bits per heavy atom. The predicted molar refractivity (Wildman–Crippen MR) is 89.0 cm³/mol. The summed E-state index contributed by atoms with van der Waals surface area (Å²) in [5.74, 6) is -0.885. The standard InChI is InChI=1S/C16H11F2N3O3S/c17-15(18)24-12-3-1-2-9(10(12)8-22)4-5-11-13(14(19)23)21-6-7-25-16(21)20-11/h1-8,15H,(H2,19,23)/b5-4+. The highest BCUT2D eigenvalue weighted by Crippen LogP contribution is 2.25. The van der Waals surface area contributed by atoms with E-state index in [9.17, 15) is 18.4 Å². The Morgan fingerprint density at radius 3 is 2.84 bits per heavy atom. The molecule has 9 heteroatoms. The van der Waals surface area contributed by atoms with Crippen LogP contribution in [-0.2, 0) is 0 Å². The maximum absolute atomic E-state index is 12.4. The molecule has 2 N–H and O–H groups in total. The molecule has 0 bridgehead atoms. The summed E-state index contributed by atoms with van der Waals surface area (Å²) in [4.78, 5) is 27.8. The molecule has 25 heavy (non-hydrogen) atoms. The third kappa shape index (κ3) is 3.26. The van der Waals surface area contributed by atoms with Gasteiger partial charge in [-0.2, -0.15) is 8.78 Å². The average Bonchev–Trinajstić information content (AvgIpc) is 3.12. The van der Waals surface area contributed by atoms with Crippen molar-refractivity contribution in [2.75, 3.05) is 0 Å². The maximum atomic E-state index is 12.4. The first-order valence-corrected chi connectivity index (χ1v) is 7.85. The number of ether oxygens (including phenoxy) is 1. The number of alkyl halides is 2. The molecule has 128 valence electrons. The minimum absolute atomic E-state index is 0.0271. The Balaban J connectivity index is 2.03. The molecule has 2 heterocycles. The van der Waals surface area contributed by atoms with Gasteiger partial charge in [0.1, 0.15) is 11.4 Å². The smallest absolute Gasteiger partial charge is 0.387 e. The fraction of sp³-hybridized carbons (Fsp3) is 0.0625. The fourth-order valence-corrected chi connectivity index (χ4v) is 3.08. The molecular formula is C16H11F2N3O3S. The summed E-state index contributed by atoms with van der Waals surface area (Å²) < 4.78 is 30.7. The minimum Gasteiger partial charge on any atom is -0.434 e. The van der Waals surface area contributed by atoms with Crippen LogP contribution in [0.4, 0.5) is 8.78 Å². The topological polar surface area (TPSA) is 86.7 Å². The molecule has 0 saturated carbocycles. The molecule has 1 aromatic carbocycles. The second kappa shape index (κ2) is 6.81. The van der Waals surface area contributed by atoms with Crippen LogP contribution in [0.2, 0.25) is 0 Å². The highest BCUT2D eigenvalue weighted by atomic mass is 32.1. The molecule has 0 atom stereocenters. The number of nitrogens with zero attached hydrogens (tertiary/aromatic N) is 2. The number of imidazole rings is 1. The summed E-state index contributed by atoms with van der Waals surface area (Å²) >= 11 is 1.33. The van der Waals surface area contributed by atoms with E-state index in [2.05, 4.69) is 9.72 Å². The van der Waals surface area contributed by atoms with Crippen molar-refractivity contribution in [3.63, 3.8) is 0 Å². The lowest BCUT2D eigenvalue weighted by molar-refractivity contribution is -0.0500. The van der Waals surface area contributed by atoms with Crippen molar-refractivity contribution in [1.29, 1.82) is 0 Å². The van der Waals surface area contributed by atoms with Crippen LogP contribution in [0.25, 0.3) is 17.1 Å². The molecule has 0 aliphatic rings. The van der Waals surface area contributed by atoms with E-state index in [1.807, 2.05) is 0 Å². The van der Waals surface area contributed by atoms with Crippen molar-refractivity contribution in [2.45, 2.75) is 6.61 Å². The number of aldehydes is 1. The normalized spacial score (nSPS) is 11.5. The summed E-state index contributed by atoms with van der Waals surface area (Å²) in [6, 6.07) is 4.31. The Labute approximate surface area is 144 Å². The first-order valence-electron chi connectivity index (χ1n) is 6.97. The van der Waals surface area contributed by atoms with Gasteiger partial charge in [0.15, 0.2) is 11.2 Å². The fourth-order valence-electron chi connectivity index (χ4n) is 2.36. The second-order valence-corrected chi connectivity index (χ2v) is 5.73. The molecule has 0 aliphatic heterocycles. The molecule has 0 unspecified atom stereocenters. The first-order chi connectivity index (χ1) is 12.0. The Morgan fingerprint density at radius 1 is 1.36 bits per heavy atom. The number of carbonyl (C=O) groups excluding carboxylic acids is 2. The molecular weight excluding hydrogens is 352 g/mol. The van der Waals surface area contributed by atoms with Gasteiger partial charge in [0.05, 0.1) is 11.3 Å². The zero-order chi connectivity index (χ0) is 18.0. The van der Waals surface area contributed by atoms with Crippen molar-refractivity contribution in [1.82, 2.24) is 9.38 Å². The van der Waals surface area contributed by atoms with Gasteiger partial charge in [0.2, 0.25) is 0 Å². The maximum Gasteiger partial charge on any atom is 0.387 e. The van der Waals surface area contributed by atoms with Crippen molar-refractivity contribution < 1.29 is 23.1 Å². The number of benzene rings is 1. The Kier molecular flexibility index (Phi) is 4.57. The zero-order valence-electron chi connectivity index (χ0n) is 12.6. The third-order valence-corrected chi connectivity index (χ3v) is 4.13. The number of primary amides is 1. The summed E-state index contributed by atoms with van der Waals surface area (Å²) in [5.41, 5.74) is 6.23. The van der Waals surface area contributed by atoms with Crippen molar-refractivity contribution >= 4 is 40.6 Å². The molecule has 0 saturated heterocycles. The van der Waals surface area contributed by atoms with Crippen LogP contribution in [0.3, 0.4) is 0 Å². The molecule has 3 aromatic rings. The number of amides is 1. The van der Waals surface area contributed by atoms with Gasteiger partial charge >= 0.3 is 6.61 Å². The largest absolute Gasteiger partial charge is 0.434 e. The van der Waals surface area contributed by atoms with Crippen LogP contribution in [0, 0.1) is 0 Å². The van der Waals surface area contributed by atoms with Crippen molar-refractivity contribution in [2.24, 2.45) is 5.73 Å². The highest BCUT2D eigenvalue weighted by molar-refractivity contribution is 7.15. The van der Waals surface area contributed by atoms with Gasteiger partial charge in [-0.05, 0) is 17.7 Å². The number of rotatable bonds is 6. The first kappa shape index (κ1) is 16.8. The van der Waals surface area contributed by atoms with Crippen LogP contribution >= 0.6 is 11.3 Å². The van der Waals surface area contributed by atoms with Gasteiger partial charge < -0.3 is 10.5 Å². The number of halogens is 2. The van der Waals surface area contributed by atoms with E-state index in [1.54, 1.807) is 22.0 Å². The summed E-state index contributed by atoms with van der Waals surface area (Å²) in [5, 5.41) is 1.76. The molecule has 3 rings (SSSR count). The van der Waals surface area contributed by atoms with E-state index in [-0.39, 0.29) is 17.0 Å². The van der Waals surface area contributed by atoms with Crippen LogP contribution in [0.1, 0.15) is 32.1 Å². The molecule has 0 aliphatic carbocycles. The highest BCUT2D eigenvalue weighted by Gasteiger charge is 2.16. The summed E-state index contributed by atoms with van der Waals surface area (Å²) in [6.07, 6.45) is 5.08. The van der Waals surface area contributed by atoms with E-state index in [0.717, 1.165) is 0 Å². The second-order valence-electron chi connectivity index (χ2n) is 4.85. The van der Waals surface area contributed by atoms with Gasteiger partial charge in [-0.3, -0.25) is 14.0 Å². The predicted octanol–water partition coefficient (Wildman–Crippen LogP) is 3.08. The lowest BCUT2D eigenvalue weighted by atomic mass is 10.1. The number of hydrogen-bond donors (Lipinski definition) is 1. The molecule has 0 spiro atoms. The molecule has 2 aromatic heterocycles. The van der Waals surface area contributed by atoms with E-state index in [1.165, 1.54) is 35.6 Å². The van der Waals surface area contributed by atoms with Gasteiger partial charge in [-0.15, -0.1) is 11.3 Å². The van der Waals surface area contributed by atoms with Gasteiger partial charge in [0.25, 0.3) is 5.91 Å². The number of hydrogen-bond acceptors (Lipinski definition) is 5. The van der Waals surface area contributed by atoms with E-state index >= 15 is 0 Å². The Bertz CT molecular complexity index is 978. The number of fused-ring (bicyclic) bond motifs is 1. The number of aromatic nitrogens is 2. The average molecular weight is 363 g/mol. The summed E-state index contributed by atoms with van der Waals surface area (Å²) in [7, 11) is 0. The number of nitrogens with two attached hydrogens (primary N) is 1. The number of carbonyl (C=O) groups is 2. The molecule has 6 nitrogen and oxygen atoms in total. The quantitative estimate of drug-likeness (QED) is 0.682. The van der Waals surface area contributed by atoms with Crippen LogP contribution in [-0.4, -0.2) is 28.2 Å². The van der Waals surface area contributed by atoms with E-state index < -0.39 is 12.5 Å². The van der Waals surface area contributed by atoms with Gasteiger partial charge in [0, 0.05) is 11.6 Å². The lowest BCUT2D eigenvalue weighted by Crippen LogP contribution is -2.14. The monoisotopic (exact) mass is 363 g/mol. The molecule has 1 amide bonds. The SMILES string of the molecule is NC(=O)c1c(/C=C/c2cccc(OC(F)F)c2C=O)nc2sccn12. The molecule has 0 radical (unpaired) electrons. The number of thiazole rings is 1. The van der Waals surface area contributed by atoms with Crippen molar-refractivity contribution in [3.05, 3.63) is 52.3 Å². The minimum atomic E-state index is -3.04. The third-order valence-electron chi connectivity index (χ3n) is 3.38. The van der Waals surface area contributed by atoms with E-state index in [4.69, 9.17) is 5.73 Å². The van der Waals surface area contributed by atoms with Crippen LogP contribution < -0.4 is 10.5 Å². The lowest BCUT2D eigenvalue weighted by Gasteiger charge is -2.08. The van der Waals surface area contributed by atoms with Crippen LogP contribution in [0.15, 0.2) is 29.8 Å². The Hall–Kier alpha value is -3.07. The van der Waals surface area contributed by atoms with Crippen LogP contribution in [0.5, 0.6) is 5.75 Å². The summed E-state index contributed by atoms with van der Waals surface area (Å²) in [6.45, 7) is -3.04. The van der Waals surface area contributed by atoms with Gasteiger partial charge in [-0.1, -0.05) is 18.2 Å². The van der Waals surface area contributed by atoms with E-state index in [0.29, 0.717) is 22.5 Å². The van der Waals surface area contributed by atoms with Gasteiger partial charge in [-0.25, -0.2) is 4.98 Å².